The van der Waals surface area contributed by atoms with E-state index in [0.29, 0.717) is 12.5 Å². The van der Waals surface area contributed by atoms with Crippen molar-refractivity contribution < 1.29 is 14.3 Å². The number of benzene rings is 1. The summed E-state index contributed by atoms with van der Waals surface area (Å²) >= 11 is 3.24. The normalized spacial score (nSPS) is 14.4. The molecule has 1 aromatic heterocycles. The van der Waals surface area contributed by atoms with Gasteiger partial charge in [0.2, 0.25) is 5.91 Å². The summed E-state index contributed by atoms with van der Waals surface area (Å²) in [5.41, 5.74) is 1.96. The maximum atomic E-state index is 12.1. The first-order chi connectivity index (χ1) is 12.7. The Morgan fingerprint density at radius 3 is 2.58 bits per heavy atom. The second-order valence-electron chi connectivity index (χ2n) is 6.34. The molecule has 2 aromatic rings. The number of rotatable bonds is 8. The number of aromatic nitrogens is 1. The van der Waals surface area contributed by atoms with Crippen LogP contribution in [0, 0.1) is 0 Å². The molecule has 0 unspecified atom stereocenters. The fourth-order valence-electron chi connectivity index (χ4n) is 3.04. The van der Waals surface area contributed by atoms with Crippen molar-refractivity contribution in [3.05, 3.63) is 34.8 Å². The SMILES string of the molecule is COc1cc(CSc2nc(CC(=O)NC3CCCC3)cs2)cc(OC)c1. The second kappa shape index (κ2) is 9.28. The van der Waals surface area contributed by atoms with Gasteiger partial charge in [-0.05, 0) is 30.5 Å². The molecular weight excluding hydrogens is 368 g/mol. The van der Waals surface area contributed by atoms with Crippen molar-refractivity contribution in [3.63, 3.8) is 0 Å². The second-order valence-corrected chi connectivity index (χ2v) is 8.42. The maximum Gasteiger partial charge on any atom is 0.226 e. The molecule has 1 aliphatic carbocycles. The fraction of sp³-hybridized carbons (Fsp3) is 0.474. The van der Waals surface area contributed by atoms with Crippen LogP contribution in [0.2, 0.25) is 0 Å². The molecule has 26 heavy (non-hydrogen) atoms. The Hall–Kier alpha value is -1.73. The van der Waals surface area contributed by atoms with Crippen LogP contribution >= 0.6 is 23.1 Å². The number of hydrogen-bond acceptors (Lipinski definition) is 6. The zero-order chi connectivity index (χ0) is 18.4. The minimum absolute atomic E-state index is 0.0799. The van der Waals surface area contributed by atoms with Gasteiger partial charge in [-0.25, -0.2) is 4.98 Å². The summed E-state index contributed by atoms with van der Waals surface area (Å²) < 4.78 is 11.6. The monoisotopic (exact) mass is 392 g/mol. The number of ether oxygens (including phenoxy) is 2. The van der Waals surface area contributed by atoms with Crippen molar-refractivity contribution in [3.8, 4) is 11.5 Å². The van der Waals surface area contributed by atoms with Crippen molar-refractivity contribution in [2.75, 3.05) is 14.2 Å². The van der Waals surface area contributed by atoms with Crippen LogP contribution in [0.25, 0.3) is 0 Å². The number of thiazole rings is 1. The molecule has 0 atom stereocenters. The first kappa shape index (κ1) is 19.0. The van der Waals surface area contributed by atoms with Crippen molar-refractivity contribution in [1.82, 2.24) is 10.3 Å². The summed E-state index contributed by atoms with van der Waals surface area (Å²) in [6.45, 7) is 0. The van der Waals surface area contributed by atoms with E-state index in [2.05, 4.69) is 10.3 Å². The first-order valence-corrected chi connectivity index (χ1v) is 10.6. The van der Waals surface area contributed by atoms with Crippen LogP contribution < -0.4 is 14.8 Å². The average molecular weight is 393 g/mol. The van der Waals surface area contributed by atoms with Gasteiger partial charge in [0.25, 0.3) is 0 Å². The number of nitrogens with zero attached hydrogens (tertiary/aromatic N) is 1. The predicted octanol–water partition coefficient (Wildman–Crippen LogP) is 4.05. The van der Waals surface area contributed by atoms with Crippen LogP contribution in [0.1, 0.15) is 36.9 Å². The molecule has 1 aromatic carbocycles. The molecule has 1 fully saturated rings. The summed E-state index contributed by atoms with van der Waals surface area (Å²) in [5, 5.41) is 5.09. The minimum atomic E-state index is 0.0799. The number of amides is 1. The number of nitrogens with one attached hydrogen (secondary N) is 1. The van der Waals surface area contributed by atoms with Crippen LogP contribution in [0.5, 0.6) is 11.5 Å². The van der Waals surface area contributed by atoms with Gasteiger partial charge in [-0.2, -0.15) is 0 Å². The summed E-state index contributed by atoms with van der Waals surface area (Å²) in [7, 11) is 3.30. The highest BCUT2D eigenvalue weighted by Crippen LogP contribution is 2.30. The van der Waals surface area contributed by atoms with Gasteiger partial charge in [0, 0.05) is 23.2 Å². The van der Waals surface area contributed by atoms with E-state index >= 15 is 0 Å². The van der Waals surface area contributed by atoms with E-state index in [1.165, 1.54) is 12.8 Å². The Balaban J connectivity index is 1.52. The quantitative estimate of drug-likeness (QED) is 0.687. The minimum Gasteiger partial charge on any atom is -0.497 e. The number of carbonyl (C=O) groups is 1. The third-order valence-corrected chi connectivity index (χ3v) is 6.51. The molecule has 3 rings (SSSR count). The summed E-state index contributed by atoms with van der Waals surface area (Å²) in [6, 6.07) is 6.22. The van der Waals surface area contributed by atoms with Gasteiger partial charge in [-0.15, -0.1) is 11.3 Å². The van der Waals surface area contributed by atoms with Crippen LogP contribution in [0.4, 0.5) is 0 Å². The maximum absolute atomic E-state index is 12.1. The summed E-state index contributed by atoms with van der Waals surface area (Å²) in [4.78, 5) is 16.7. The number of hydrogen-bond donors (Lipinski definition) is 1. The Kier molecular flexibility index (Phi) is 6.80. The van der Waals surface area contributed by atoms with E-state index in [0.717, 1.165) is 45.7 Å². The molecule has 5 nitrogen and oxygen atoms in total. The van der Waals surface area contributed by atoms with E-state index in [-0.39, 0.29) is 5.91 Å². The smallest absolute Gasteiger partial charge is 0.226 e. The third-order valence-electron chi connectivity index (χ3n) is 4.37. The molecule has 1 aliphatic rings. The lowest BCUT2D eigenvalue weighted by Gasteiger charge is -2.10. The third kappa shape index (κ3) is 5.38. The zero-order valence-electron chi connectivity index (χ0n) is 15.1. The average Bonchev–Trinajstić information content (AvgIpc) is 3.31. The van der Waals surface area contributed by atoms with E-state index in [4.69, 9.17) is 9.47 Å². The van der Waals surface area contributed by atoms with Crippen molar-refractivity contribution in [1.29, 1.82) is 0 Å². The topological polar surface area (TPSA) is 60.5 Å². The molecule has 1 saturated carbocycles. The Morgan fingerprint density at radius 2 is 1.92 bits per heavy atom. The highest BCUT2D eigenvalue weighted by Gasteiger charge is 2.17. The lowest BCUT2D eigenvalue weighted by atomic mass is 10.2. The van der Waals surface area contributed by atoms with Gasteiger partial charge in [0.15, 0.2) is 0 Å². The van der Waals surface area contributed by atoms with Crippen LogP contribution in [-0.4, -0.2) is 31.2 Å². The number of carbonyl (C=O) groups excluding carboxylic acids is 1. The number of thioether (sulfide) groups is 1. The molecule has 0 spiro atoms. The summed E-state index contributed by atoms with van der Waals surface area (Å²) in [6.07, 6.45) is 5.01. The largest absolute Gasteiger partial charge is 0.497 e. The zero-order valence-corrected chi connectivity index (χ0v) is 16.8. The van der Waals surface area contributed by atoms with Crippen LogP contribution in [-0.2, 0) is 17.0 Å². The van der Waals surface area contributed by atoms with Gasteiger partial charge >= 0.3 is 0 Å². The van der Waals surface area contributed by atoms with Crippen molar-refractivity contribution >= 4 is 29.0 Å². The fourth-order valence-corrected chi connectivity index (χ4v) is 4.82. The molecule has 0 radical (unpaired) electrons. The Bertz CT molecular complexity index is 720. The van der Waals surface area contributed by atoms with Crippen LogP contribution in [0.15, 0.2) is 27.9 Å². The van der Waals surface area contributed by atoms with Crippen LogP contribution in [0.3, 0.4) is 0 Å². The highest BCUT2D eigenvalue weighted by molar-refractivity contribution is 8.00. The van der Waals surface area contributed by atoms with Gasteiger partial charge in [-0.1, -0.05) is 24.6 Å². The lowest BCUT2D eigenvalue weighted by Crippen LogP contribution is -2.33. The molecular formula is C19H24N2O3S2. The van der Waals surface area contributed by atoms with Crippen molar-refractivity contribution in [2.24, 2.45) is 0 Å². The van der Waals surface area contributed by atoms with E-state index < -0.39 is 0 Å². The van der Waals surface area contributed by atoms with Gasteiger partial charge in [0.05, 0.1) is 26.3 Å². The highest BCUT2D eigenvalue weighted by atomic mass is 32.2. The van der Waals surface area contributed by atoms with Gasteiger partial charge in [0.1, 0.15) is 15.8 Å². The summed E-state index contributed by atoms with van der Waals surface area (Å²) in [5.74, 6) is 2.41. The Labute approximate surface area is 162 Å². The lowest BCUT2D eigenvalue weighted by molar-refractivity contribution is -0.121. The Morgan fingerprint density at radius 1 is 1.23 bits per heavy atom. The molecule has 1 heterocycles. The standard InChI is InChI=1S/C19H24N2O3S2/c1-23-16-7-13(8-17(10-16)24-2)11-25-19-21-15(12-26-19)9-18(22)20-14-5-3-4-6-14/h7-8,10,12,14H,3-6,9,11H2,1-2H3,(H,20,22). The van der Waals surface area contributed by atoms with E-state index in [1.807, 2.05) is 23.6 Å². The molecule has 140 valence electrons. The van der Waals surface area contributed by atoms with E-state index in [9.17, 15) is 4.79 Å². The molecule has 1 amide bonds. The first-order valence-electron chi connectivity index (χ1n) is 8.75. The predicted molar refractivity (Wildman–Crippen MR) is 105 cm³/mol. The molecule has 1 N–H and O–H groups in total. The molecule has 0 aliphatic heterocycles. The molecule has 7 heteroatoms. The van der Waals surface area contributed by atoms with Crippen molar-refractivity contribution in [2.45, 2.75) is 48.2 Å². The molecule has 0 saturated heterocycles. The van der Waals surface area contributed by atoms with E-state index in [1.54, 1.807) is 37.3 Å². The van der Waals surface area contributed by atoms with Gasteiger partial charge in [-0.3, -0.25) is 4.79 Å². The molecule has 0 bridgehead atoms. The number of methoxy groups -OCH3 is 2. The van der Waals surface area contributed by atoms with Gasteiger partial charge < -0.3 is 14.8 Å².